The SMILES string of the molecule is Cc1c(Cl)cccc1-n1c(C(C)N2CCCCC2)nc2ccccc2c1=O. The zero-order valence-corrected chi connectivity index (χ0v) is 16.5. The van der Waals surface area contributed by atoms with Crippen molar-refractivity contribution in [2.75, 3.05) is 13.1 Å². The van der Waals surface area contributed by atoms with Gasteiger partial charge in [-0.25, -0.2) is 4.98 Å². The van der Waals surface area contributed by atoms with Gasteiger partial charge in [-0.3, -0.25) is 14.3 Å². The van der Waals surface area contributed by atoms with Crippen LogP contribution in [0.15, 0.2) is 47.3 Å². The molecule has 0 spiro atoms. The zero-order valence-electron chi connectivity index (χ0n) is 15.8. The summed E-state index contributed by atoms with van der Waals surface area (Å²) in [5, 5.41) is 1.29. The highest BCUT2D eigenvalue weighted by atomic mass is 35.5. The molecule has 0 N–H and O–H groups in total. The second kappa shape index (κ2) is 7.45. The van der Waals surface area contributed by atoms with E-state index in [1.165, 1.54) is 19.3 Å². The molecule has 1 aliphatic heterocycles. The third-order valence-corrected chi connectivity index (χ3v) is 6.00. The molecule has 2 aromatic carbocycles. The van der Waals surface area contributed by atoms with Crippen LogP contribution >= 0.6 is 11.6 Å². The molecule has 4 nitrogen and oxygen atoms in total. The van der Waals surface area contributed by atoms with E-state index in [0.717, 1.165) is 35.7 Å². The lowest BCUT2D eigenvalue weighted by molar-refractivity contribution is 0.167. The van der Waals surface area contributed by atoms with E-state index in [4.69, 9.17) is 16.6 Å². The molecule has 27 heavy (non-hydrogen) atoms. The average molecular weight is 382 g/mol. The fourth-order valence-corrected chi connectivity index (χ4v) is 4.14. The molecule has 0 saturated carbocycles. The Labute approximate surface area is 164 Å². The van der Waals surface area contributed by atoms with Gasteiger partial charge in [-0.05, 0) is 69.6 Å². The van der Waals surface area contributed by atoms with E-state index in [0.29, 0.717) is 10.4 Å². The van der Waals surface area contributed by atoms with E-state index in [-0.39, 0.29) is 11.6 Å². The molecule has 0 amide bonds. The highest BCUT2D eigenvalue weighted by Gasteiger charge is 2.25. The van der Waals surface area contributed by atoms with Gasteiger partial charge in [0.05, 0.1) is 22.6 Å². The van der Waals surface area contributed by atoms with Crippen LogP contribution in [0.2, 0.25) is 5.02 Å². The van der Waals surface area contributed by atoms with Crippen molar-refractivity contribution in [3.8, 4) is 5.69 Å². The third-order valence-electron chi connectivity index (χ3n) is 5.59. The molecule has 1 aromatic heterocycles. The van der Waals surface area contributed by atoms with Crippen LogP contribution < -0.4 is 5.56 Å². The van der Waals surface area contributed by atoms with Crippen molar-refractivity contribution in [1.29, 1.82) is 0 Å². The van der Waals surface area contributed by atoms with Gasteiger partial charge in [0.25, 0.3) is 5.56 Å². The Kier molecular flexibility index (Phi) is 5.02. The Hall–Kier alpha value is -2.17. The minimum Gasteiger partial charge on any atom is -0.294 e. The number of aromatic nitrogens is 2. The molecule has 5 heteroatoms. The van der Waals surface area contributed by atoms with Crippen molar-refractivity contribution in [2.24, 2.45) is 0 Å². The fraction of sp³-hybridized carbons (Fsp3) is 0.364. The van der Waals surface area contributed by atoms with Crippen LogP contribution in [0.5, 0.6) is 0 Å². The molecule has 140 valence electrons. The molecule has 1 fully saturated rings. The van der Waals surface area contributed by atoms with E-state index in [1.54, 1.807) is 4.57 Å². The number of rotatable bonds is 3. The number of fused-ring (bicyclic) bond motifs is 1. The Morgan fingerprint density at radius 1 is 1.04 bits per heavy atom. The minimum absolute atomic E-state index is 0.0372. The molecular weight excluding hydrogens is 358 g/mol. The van der Waals surface area contributed by atoms with Crippen molar-refractivity contribution < 1.29 is 0 Å². The number of benzene rings is 2. The molecule has 0 bridgehead atoms. The van der Waals surface area contributed by atoms with Crippen LogP contribution in [0.3, 0.4) is 0 Å². The van der Waals surface area contributed by atoms with Gasteiger partial charge in [-0.2, -0.15) is 0 Å². The molecule has 0 aliphatic carbocycles. The highest BCUT2D eigenvalue weighted by molar-refractivity contribution is 6.31. The molecular formula is C22H24ClN3O. The van der Waals surface area contributed by atoms with E-state index in [9.17, 15) is 4.79 Å². The summed E-state index contributed by atoms with van der Waals surface area (Å²) in [6, 6.07) is 13.3. The molecule has 4 rings (SSSR count). The fourth-order valence-electron chi connectivity index (χ4n) is 3.97. The van der Waals surface area contributed by atoms with Crippen LogP contribution in [0, 0.1) is 6.92 Å². The number of piperidine rings is 1. The minimum atomic E-state index is -0.0372. The van der Waals surface area contributed by atoms with E-state index >= 15 is 0 Å². The van der Waals surface area contributed by atoms with Crippen molar-refractivity contribution >= 4 is 22.5 Å². The lowest BCUT2D eigenvalue weighted by Gasteiger charge is -2.33. The van der Waals surface area contributed by atoms with Crippen LogP contribution in [0.25, 0.3) is 16.6 Å². The Morgan fingerprint density at radius 3 is 2.56 bits per heavy atom. The van der Waals surface area contributed by atoms with Gasteiger partial charge in [0.1, 0.15) is 5.82 Å². The Balaban J connectivity index is 1.98. The second-order valence-corrected chi connectivity index (χ2v) is 7.69. The van der Waals surface area contributed by atoms with Crippen LogP contribution in [0.4, 0.5) is 0 Å². The van der Waals surface area contributed by atoms with Crippen molar-refractivity contribution in [3.63, 3.8) is 0 Å². The van der Waals surface area contributed by atoms with Gasteiger partial charge in [0.2, 0.25) is 0 Å². The lowest BCUT2D eigenvalue weighted by atomic mass is 10.1. The van der Waals surface area contributed by atoms with Gasteiger partial charge < -0.3 is 0 Å². The quantitative estimate of drug-likeness (QED) is 0.648. The summed E-state index contributed by atoms with van der Waals surface area (Å²) in [7, 11) is 0. The summed E-state index contributed by atoms with van der Waals surface area (Å²) in [5.41, 5.74) is 2.41. The van der Waals surface area contributed by atoms with E-state index in [1.807, 2.05) is 49.4 Å². The topological polar surface area (TPSA) is 38.1 Å². The van der Waals surface area contributed by atoms with Crippen LogP contribution in [-0.4, -0.2) is 27.5 Å². The second-order valence-electron chi connectivity index (χ2n) is 7.28. The highest BCUT2D eigenvalue weighted by Crippen LogP contribution is 2.28. The molecule has 1 saturated heterocycles. The molecule has 3 aromatic rings. The third kappa shape index (κ3) is 3.28. The van der Waals surface area contributed by atoms with E-state index < -0.39 is 0 Å². The summed E-state index contributed by atoms with van der Waals surface area (Å²) in [6.45, 7) is 6.18. The van der Waals surface area contributed by atoms with Crippen molar-refractivity contribution in [3.05, 3.63) is 69.2 Å². The van der Waals surface area contributed by atoms with Gasteiger partial charge in [-0.1, -0.05) is 36.2 Å². The van der Waals surface area contributed by atoms with Gasteiger partial charge in [-0.15, -0.1) is 0 Å². The number of para-hydroxylation sites is 1. The first-order valence-electron chi connectivity index (χ1n) is 9.59. The number of hydrogen-bond acceptors (Lipinski definition) is 3. The van der Waals surface area contributed by atoms with Gasteiger partial charge in [0, 0.05) is 5.02 Å². The number of halogens is 1. The monoisotopic (exact) mass is 381 g/mol. The maximum Gasteiger partial charge on any atom is 0.266 e. The first-order chi connectivity index (χ1) is 13.1. The summed E-state index contributed by atoms with van der Waals surface area (Å²) < 4.78 is 1.77. The number of likely N-dealkylation sites (tertiary alicyclic amines) is 1. The van der Waals surface area contributed by atoms with Gasteiger partial charge in [0.15, 0.2) is 0 Å². The molecule has 1 unspecified atom stereocenters. The lowest BCUT2D eigenvalue weighted by Crippen LogP contribution is -2.36. The summed E-state index contributed by atoms with van der Waals surface area (Å²) in [6.07, 6.45) is 3.66. The number of hydrogen-bond donors (Lipinski definition) is 0. The van der Waals surface area contributed by atoms with Crippen LogP contribution in [0.1, 0.15) is 43.6 Å². The molecule has 2 heterocycles. The van der Waals surface area contributed by atoms with Crippen molar-refractivity contribution in [2.45, 2.75) is 39.2 Å². The smallest absolute Gasteiger partial charge is 0.266 e. The van der Waals surface area contributed by atoms with Crippen molar-refractivity contribution in [1.82, 2.24) is 14.5 Å². The maximum absolute atomic E-state index is 13.5. The van der Waals surface area contributed by atoms with Crippen LogP contribution in [-0.2, 0) is 0 Å². The van der Waals surface area contributed by atoms with Gasteiger partial charge >= 0.3 is 0 Å². The standard InChI is InChI=1S/C22H24ClN3O/c1-15-18(23)10-8-12-20(15)26-21(16(2)25-13-6-3-7-14-25)24-19-11-5-4-9-17(19)22(26)27/h4-5,8-12,16H,3,6-7,13-14H2,1-2H3. The first kappa shape index (κ1) is 18.2. The summed E-state index contributed by atoms with van der Waals surface area (Å²) in [5.74, 6) is 0.783. The predicted molar refractivity (Wildman–Crippen MR) is 111 cm³/mol. The Bertz CT molecular complexity index is 1040. The maximum atomic E-state index is 13.5. The summed E-state index contributed by atoms with van der Waals surface area (Å²) >= 11 is 6.37. The molecule has 0 radical (unpaired) electrons. The zero-order chi connectivity index (χ0) is 19.0. The largest absolute Gasteiger partial charge is 0.294 e. The molecule has 1 aliphatic rings. The summed E-state index contributed by atoms with van der Waals surface area (Å²) in [4.78, 5) is 20.8. The Morgan fingerprint density at radius 2 is 1.78 bits per heavy atom. The molecule has 1 atom stereocenters. The first-order valence-corrected chi connectivity index (χ1v) is 9.97. The predicted octanol–water partition coefficient (Wildman–Crippen LogP) is 4.89. The van der Waals surface area contributed by atoms with E-state index in [2.05, 4.69) is 11.8 Å². The number of nitrogens with zero attached hydrogens (tertiary/aromatic N) is 3. The average Bonchev–Trinajstić information content (AvgIpc) is 2.70. The normalized spacial score (nSPS) is 16.6.